The number of ether oxygens (including phenoxy) is 1. The number of hydrogen-bond donors (Lipinski definition) is 1. The Morgan fingerprint density at radius 1 is 1.14 bits per heavy atom. The van der Waals surface area contributed by atoms with Crippen LogP contribution in [0, 0.1) is 12.3 Å². The molecule has 3 fully saturated rings. The molecule has 3 aliphatic rings. The molecule has 1 aliphatic carbocycles. The van der Waals surface area contributed by atoms with Crippen molar-refractivity contribution in [1.29, 1.82) is 0 Å². The number of aryl methyl sites for hydroxylation is 1. The predicted octanol–water partition coefficient (Wildman–Crippen LogP) is 3.08. The zero-order valence-corrected chi connectivity index (χ0v) is 16.8. The first kappa shape index (κ1) is 20.6. The molecule has 0 amide bonds. The topological polar surface area (TPSA) is 70.1 Å². The normalized spacial score (nSPS) is 24.0. The fourth-order valence-corrected chi connectivity index (χ4v) is 4.95. The van der Waals surface area contributed by atoms with E-state index in [1.165, 1.54) is 36.9 Å². The third-order valence-electron chi connectivity index (χ3n) is 6.53. The molecule has 2 saturated heterocycles. The molecule has 1 aromatic carbocycles. The molecule has 2 aliphatic heterocycles. The van der Waals surface area contributed by atoms with Gasteiger partial charge in [-0.1, -0.05) is 30.5 Å². The lowest BCUT2D eigenvalue weighted by molar-refractivity contribution is -0.142. The van der Waals surface area contributed by atoms with Crippen molar-refractivity contribution in [2.24, 2.45) is 5.41 Å². The van der Waals surface area contributed by atoms with Crippen LogP contribution in [0.4, 0.5) is 5.69 Å². The smallest absolute Gasteiger partial charge is 0.306 e. The van der Waals surface area contributed by atoms with E-state index in [-0.39, 0.29) is 24.0 Å². The highest BCUT2D eigenvalue weighted by Crippen LogP contribution is 2.50. The van der Waals surface area contributed by atoms with Crippen LogP contribution in [0.5, 0.6) is 0 Å². The Hall–Kier alpha value is -2.08. The van der Waals surface area contributed by atoms with E-state index < -0.39 is 0 Å². The number of anilines is 1. The number of esters is 1. The Labute approximate surface area is 167 Å². The van der Waals surface area contributed by atoms with E-state index in [2.05, 4.69) is 41.0 Å². The molecular formula is C22H32N2O4. The van der Waals surface area contributed by atoms with E-state index >= 15 is 0 Å². The van der Waals surface area contributed by atoms with Gasteiger partial charge in [-0.25, -0.2) is 0 Å². The number of nitrogens with zero attached hydrogens (tertiary/aromatic N) is 2. The Bertz CT molecular complexity index is 647. The van der Waals surface area contributed by atoms with Gasteiger partial charge in [0.2, 0.25) is 0 Å². The third kappa shape index (κ3) is 4.85. The number of cyclic esters (lactones) is 1. The summed E-state index contributed by atoms with van der Waals surface area (Å²) in [5, 5.41) is 6.89. The second-order valence-electron chi connectivity index (χ2n) is 8.28. The Balaban J connectivity index is 0.000000706. The maximum Gasteiger partial charge on any atom is 0.306 e. The first-order chi connectivity index (χ1) is 13.6. The zero-order chi connectivity index (χ0) is 20.0. The van der Waals surface area contributed by atoms with Crippen LogP contribution in [0.25, 0.3) is 0 Å². The average Bonchev–Trinajstić information content (AvgIpc) is 3.28. The van der Waals surface area contributed by atoms with Crippen LogP contribution in [-0.4, -0.2) is 61.3 Å². The number of carbonyl (C=O) groups excluding carboxylic acids is 1. The van der Waals surface area contributed by atoms with Crippen LogP contribution in [-0.2, 0) is 14.3 Å². The summed E-state index contributed by atoms with van der Waals surface area (Å²) >= 11 is 0. The number of carbonyl (C=O) groups is 2. The molecule has 1 N–H and O–H groups in total. The molecule has 1 spiro atoms. The minimum atomic E-state index is -0.250. The van der Waals surface area contributed by atoms with Crippen molar-refractivity contribution >= 4 is 18.1 Å². The molecule has 0 bridgehead atoms. The number of piperazine rings is 1. The molecule has 6 nitrogen and oxygen atoms in total. The largest absolute Gasteiger partial charge is 0.483 e. The molecule has 1 unspecified atom stereocenters. The maximum atomic E-state index is 11.8. The van der Waals surface area contributed by atoms with E-state index in [0.29, 0.717) is 6.42 Å². The molecule has 1 atom stereocenters. The van der Waals surface area contributed by atoms with E-state index in [0.717, 1.165) is 39.1 Å². The van der Waals surface area contributed by atoms with Gasteiger partial charge >= 0.3 is 5.97 Å². The minimum Gasteiger partial charge on any atom is -0.483 e. The SMILES string of the molecule is Cc1ccc(N2CCN(CCC3OC(=O)CC34CCCC4)CC2)cc1.O=CO. The average molecular weight is 389 g/mol. The van der Waals surface area contributed by atoms with E-state index in [1.54, 1.807) is 0 Å². The van der Waals surface area contributed by atoms with Crippen molar-refractivity contribution in [2.75, 3.05) is 37.6 Å². The van der Waals surface area contributed by atoms with E-state index in [9.17, 15) is 4.79 Å². The standard InChI is InChI=1S/C21H30N2O2.CH2O2/c1-17-4-6-18(7-5-17)23-14-12-22(13-15-23)11-8-19-21(9-2-3-10-21)16-20(24)25-19;2-1-3/h4-7,19H,2-3,8-16H2,1H3;1H,(H,2,3). The summed E-state index contributed by atoms with van der Waals surface area (Å²) in [6.45, 7) is 7.30. The van der Waals surface area contributed by atoms with Gasteiger partial charge in [-0.15, -0.1) is 0 Å². The molecule has 0 radical (unpaired) electrons. The number of carboxylic acid groups (broad SMARTS) is 1. The minimum absolute atomic E-state index is 0.0380. The molecule has 0 aromatic heterocycles. The van der Waals surface area contributed by atoms with Crippen LogP contribution >= 0.6 is 0 Å². The Morgan fingerprint density at radius 3 is 2.36 bits per heavy atom. The lowest BCUT2D eigenvalue weighted by Crippen LogP contribution is -2.47. The summed E-state index contributed by atoms with van der Waals surface area (Å²) in [6.07, 6.45) is 6.74. The van der Waals surface area contributed by atoms with Crippen LogP contribution in [0.3, 0.4) is 0 Å². The van der Waals surface area contributed by atoms with Crippen LogP contribution in [0.1, 0.15) is 44.1 Å². The number of hydrogen-bond acceptors (Lipinski definition) is 5. The highest BCUT2D eigenvalue weighted by atomic mass is 16.6. The summed E-state index contributed by atoms with van der Waals surface area (Å²) in [5.74, 6) is 0.0380. The molecule has 28 heavy (non-hydrogen) atoms. The maximum absolute atomic E-state index is 11.8. The highest BCUT2D eigenvalue weighted by molar-refractivity contribution is 5.73. The first-order valence-corrected chi connectivity index (χ1v) is 10.4. The van der Waals surface area contributed by atoms with Gasteiger partial charge in [-0.05, 0) is 38.3 Å². The van der Waals surface area contributed by atoms with Gasteiger partial charge in [0.15, 0.2) is 0 Å². The quantitative estimate of drug-likeness (QED) is 0.631. The fourth-order valence-electron chi connectivity index (χ4n) is 4.95. The zero-order valence-electron chi connectivity index (χ0n) is 16.8. The van der Waals surface area contributed by atoms with Crippen molar-refractivity contribution in [3.8, 4) is 0 Å². The second kappa shape index (κ2) is 9.41. The molecule has 1 aromatic rings. The van der Waals surface area contributed by atoms with E-state index in [1.807, 2.05) is 0 Å². The highest BCUT2D eigenvalue weighted by Gasteiger charge is 2.50. The van der Waals surface area contributed by atoms with E-state index in [4.69, 9.17) is 14.6 Å². The summed E-state index contributed by atoms with van der Waals surface area (Å²) in [5.41, 5.74) is 2.83. The molecule has 6 heteroatoms. The van der Waals surface area contributed by atoms with Gasteiger partial charge < -0.3 is 14.7 Å². The van der Waals surface area contributed by atoms with Crippen LogP contribution < -0.4 is 4.90 Å². The number of rotatable bonds is 4. The van der Waals surface area contributed by atoms with Crippen molar-refractivity contribution in [2.45, 2.75) is 51.6 Å². The second-order valence-corrected chi connectivity index (χ2v) is 8.28. The summed E-state index contributed by atoms with van der Waals surface area (Å²) < 4.78 is 5.72. The van der Waals surface area contributed by atoms with Gasteiger partial charge in [-0.3, -0.25) is 14.5 Å². The predicted molar refractivity (Wildman–Crippen MR) is 109 cm³/mol. The Morgan fingerprint density at radius 2 is 1.75 bits per heavy atom. The van der Waals surface area contributed by atoms with Crippen LogP contribution in [0.2, 0.25) is 0 Å². The molecular weight excluding hydrogens is 356 g/mol. The van der Waals surface area contributed by atoms with Gasteiger partial charge in [0.05, 0.1) is 6.42 Å². The lowest BCUT2D eigenvalue weighted by Gasteiger charge is -2.37. The van der Waals surface area contributed by atoms with Crippen molar-refractivity contribution in [3.05, 3.63) is 29.8 Å². The summed E-state index contributed by atoms with van der Waals surface area (Å²) in [7, 11) is 0. The van der Waals surface area contributed by atoms with Gasteiger partial charge in [0, 0.05) is 43.8 Å². The van der Waals surface area contributed by atoms with Gasteiger partial charge in [0.1, 0.15) is 6.10 Å². The van der Waals surface area contributed by atoms with Crippen molar-refractivity contribution in [3.63, 3.8) is 0 Å². The lowest BCUT2D eigenvalue weighted by atomic mass is 9.78. The van der Waals surface area contributed by atoms with Gasteiger partial charge in [0.25, 0.3) is 6.47 Å². The van der Waals surface area contributed by atoms with Crippen molar-refractivity contribution < 1.29 is 19.4 Å². The number of benzene rings is 1. The summed E-state index contributed by atoms with van der Waals surface area (Å²) in [4.78, 5) is 25.2. The van der Waals surface area contributed by atoms with Crippen molar-refractivity contribution in [1.82, 2.24) is 4.90 Å². The first-order valence-electron chi connectivity index (χ1n) is 10.4. The molecule has 154 valence electrons. The molecule has 4 rings (SSSR count). The summed E-state index contributed by atoms with van der Waals surface area (Å²) in [6, 6.07) is 8.84. The third-order valence-corrected chi connectivity index (χ3v) is 6.53. The molecule has 1 saturated carbocycles. The Kier molecular flexibility index (Phi) is 6.94. The fraction of sp³-hybridized carbons (Fsp3) is 0.636. The van der Waals surface area contributed by atoms with Crippen LogP contribution in [0.15, 0.2) is 24.3 Å². The monoisotopic (exact) mass is 388 g/mol. The molecule has 2 heterocycles. The van der Waals surface area contributed by atoms with Gasteiger partial charge in [-0.2, -0.15) is 0 Å².